The van der Waals surface area contributed by atoms with Crippen molar-refractivity contribution in [3.05, 3.63) is 60.2 Å². The Labute approximate surface area is 149 Å². The minimum atomic E-state index is 0.644. The predicted octanol–water partition coefficient (Wildman–Crippen LogP) is 3.50. The Kier molecular flexibility index (Phi) is 7.52. The molecule has 0 saturated heterocycles. The van der Waals surface area contributed by atoms with Crippen LogP contribution in [-0.4, -0.2) is 37.3 Å². The number of benzene rings is 2. The van der Waals surface area contributed by atoms with Gasteiger partial charge in [-0.1, -0.05) is 30.3 Å². The van der Waals surface area contributed by atoms with Crippen molar-refractivity contribution in [2.45, 2.75) is 13.0 Å². The van der Waals surface area contributed by atoms with Gasteiger partial charge in [-0.3, -0.25) is 0 Å². The number of ether oxygens (including phenoxy) is 1. The summed E-state index contributed by atoms with van der Waals surface area (Å²) in [6.07, 6.45) is 1.04. The Morgan fingerprint density at radius 2 is 1.79 bits per heavy atom. The highest BCUT2D eigenvalue weighted by Gasteiger charge is 2.01. The molecule has 24 heavy (non-hydrogen) atoms. The van der Waals surface area contributed by atoms with Crippen molar-refractivity contribution in [3.63, 3.8) is 0 Å². The van der Waals surface area contributed by atoms with Gasteiger partial charge in [-0.25, -0.2) is 0 Å². The van der Waals surface area contributed by atoms with Crippen LogP contribution in [0.2, 0.25) is 0 Å². The molecule has 0 spiro atoms. The number of nitrogens with zero attached hydrogens (tertiary/aromatic N) is 1. The molecule has 2 aromatic carbocycles. The number of thiocarbonyl (C=S) groups is 1. The fourth-order valence-corrected chi connectivity index (χ4v) is 2.59. The van der Waals surface area contributed by atoms with E-state index in [9.17, 15) is 0 Å². The van der Waals surface area contributed by atoms with Crippen molar-refractivity contribution in [1.82, 2.24) is 10.2 Å². The lowest BCUT2D eigenvalue weighted by molar-refractivity contribution is 0.322. The summed E-state index contributed by atoms with van der Waals surface area (Å²) in [5.41, 5.74) is 2.29. The van der Waals surface area contributed by atoms with Crippen LogP contribution in [0.5, 0.6) is 5.75 Å². The first-order valence-corrected chi connectivity index (χ1v) is 8.49. The van der Waals surface area contributed by atoms with Crippen molar-refractivity contribution in [2.24, 2.45) is 0 Å². The van der Waals surface area contributed by atoms with Crippen LogP contribution in [0.1, 0.15) is 12.0 Å². The van der Waals surface area contributed by atoms with Crippen LogP contribution < -0.4 is 15.4 Å². The number of anilines is 1. The summed E-state index contributed by atoms with van der Waals surface area (Å²) in [7, 11) is 3.80. The second-order valence-corrected chi connectivity index (χ2v) is 6.09. The fraction of sp³-hybridized carbons (Fsp3) is 0.316. The van der Waals surface area contributed by atoms with Crippen molar-refractivity contribution in [2.75, 3.05) is 32.6 Å². The molecule has 2 N–H and O–H groups in total. The van der Waals surface area contributed by atoms with Gasteiger partial charge in [0.25, 0.3) is 0 Å². The SMILES string of the molecule is COc1ccc(NC(=S)NCCCN(C)Cc2ccccc2)cc1. The first kappa shape index (κ1) is 18.2. The summed E-state index contributed by atoms with van der Waals surface area (Å²) in [4.78, 5) is 2.32. The molecule has 0 fully saturated rings. The average Bonchev–Trinajstić information content (AvgIpc) is 2.60. The van der Waals surface area contributed by atoms with E-state index in [0.29, 0.717) is 5.11 Å². The predicted molar refractivity (Wildman–Crippen MR) is 105 cm³/mol. The van der Waals surface area contributed by atoms with Gasteiger partial charge in [0.05, 0.1) is 7.11 Å². The summed E-state index contributed by atoms with van der Waals surface area (Å²) < 4.78 is 5.14. The lowest BCUT2D eigenvalue weighted by Gasteiger charge is -2.17. The number of hydrogen-bond acceptors (Lipinski definition) is 3. The second-order valence-electron chi connectivity index (χ2n) is 5.69. The van der Waals surface area contributed by atoms with Gasteiger partial charge in [0.1, 0.15) is 5.75 Å². The monoisotopic (exact) mass is 343 g/mol. The van der Waals surface area contributed by atoms with Gasteiger partial charge in [0.2, 0.25) is 0 Å². The molecule has 0 heterocycles. The van der Waals surface area contributed by atoms with Crippen LogP contribution >= 0.6 is 12.2 Å². The van der Waals surface area contributed by atoms with Crippen LogP contribution in [-0.2, 0) is 6.54 Å². The molecule has 0 amide bonds. The summed E-state index contributed by atoms with van der Waals surface area (Å²) in [6, 6.07) is 18.2. The molecule has 0 aliphatic rings. The third-order valence-corrected chi connectivity index (χ3v) is 3.89. The van der Waals surface area contributed by atoms with Crippen LogP contribution in [0.3, 0.4) is 0 Å². The molecule has 128 valence electrons. The Bertz CT molecular complexity index is 616. The van der Waals surface area contributed by atoms with Gasteiger partial charge in [0, 0.05) is 18.8 Å². The highest BCUT2D eigenvalue weighted by molar-refractivity contribution is 7.80. The Balaban J connectivity index is 1.61. The van der Waals surface area contributed by atoms with Crippen LogP contribution in [0.15, 0.2) is 54.6 Å². The molecule has 0 unspecified atom stereocenters. The van der Waals surface area contributed by atoms with Gasteiger partial charge in [-0.05, 0) is 62.1 Å². The molecule has 0 aliphatic heterocycles. The molecule has 0 saturated carbocycles. The molecular formula is C19H25N3OS. The van der Waals surface area contributed by atoms with Gasteiger partial charge < -0.3 is 20.3 Å². The molecule has 4 nitrogen and oxygen atoms in total. The average molecular weight is 343 g/mol. The maximum absolute atomic E-state index is 5.31. The Morgan fingerprint density at radius 3 is 2.46 bits per heavy atom. The van der Waals surface area contributed by atoms with E-state index in [0.717, 1.165) is 37.5 Å². The van der Waals surface area contributed by atoms with Gasteiger partial charge in [-0.15, -0.1) is 0 Å². The van der Waals surface area contributed by atoms with Gasteiger partial charge in [0.15, 0.2) is 5.11 Å². The molecular weight excluding hydrogens is 318 g/mol. The van der Waals surface area contributed by atoms with E-state index in [1.54, 1.807) is 7.11 Å². The van der Waals surface area contributed by atoms with E-state index in [2.05, 4.69) is 46.8 Å². The summed E-state index contributed by atoms with van der Waals surface area (Å²) in [6.45, 7) is 2.84. The van der Waals surface area contributed by atoms with Gasteiger partial charge in [-0.2, -0.15) is 0 Å². The minimum absolute atomic E-state index is 0.644. The van der Waals surface area contributed by atoms with E-state index in [-0.39, 0.29) is 0 Å². The normalized spacial score (nSPS) is 10.5. The molecule has 2 rings (SSSR count). The lowest BCUT2D eigenvalue weighted by atomic mass is 10.2. The van der Waals surface area contributed by atoms with Crippen molar-refractivity contribution >= 4 is 23.0 Å². The zero-order valence-electron chi connectivity index (χ0n) is 14.3. The van der Waals surface area contributed by atoms with E-state index in [1.807, 2.05) is 30.3 Å². The first-order valence-electron chi connectivity index (χ1n) is 8.09. The zero-order chi connectivity index (χ0) is 17.2. The molecule has 2 aromatic rings. The quantitative estimate of drug-likeness (QED) is 0.567. The smallest absolute Gasteiger partial charge is 0.170 e. The summed E-state index contributed by atoms with van der Waals surface area (Å²) >= 11 is 5.31. The second kappa shape index (κ2) is 9.90. The Hall–Kier alpha value is -2.11. The van der Waals surface area contributed by atoms with Crippen LogP contribution in [0, 0.1) is 0 Å². The standard InChI is InChI=1S/C19H25N3OS/c1-22(15-16-7-4-3-5-8-16)14-6-13-20-19(24)21-17-9-11-18(23-2)12-10-17/h3-5,7-12H,6,13-15H2,1-2H3,(H2,20,21,24). The number of rotatable bonds is 8. The topological polar surface area (TPSA) is 36.5 Å². The first-order chi connectivity index (χ1) is 11.7. The molecule has 5 heteroatoms. The Morgan fingerprint density at radius 1 is 1.08 bits per heavy atom. The van der Waals surface area contributed by atoms with Crippen molar-refractivity contribution < 1.29 is 4.74 Å². The zero-order valence-corrected chi connectivity index (χ0v) is 15.1. The largest absolute Gasteiger partial charge is 0.497 e. The molecule has 0 aliphatic carbocycles. The van der Waals surface area contributed by atoms with Crippen molar-refractivity contribution in [1.29, 1.82) is 0 Å². The minimum Gasteiger partial charge on any atom is -0.497 e. The fourth-order valence-electron chi connectivity index (χ4n) is 2.37. The van der Waals surface area contributed by atoms with E-state index in [4.69, 9.17) is 17.0 Å². The number of nitrogens with one attached hydrogen (secondary N) is 2. The molecule has 0 radical (unpaired) electrons. The molecule has 0 bridgehead atoms. The van der Waals surface area contributed by atoms with Crippen LogP contribution in [0.4, 0.5) is 5.69 Å². The highest BCUT2D eigenvalue weighted by Crippen LogP contribution is 2.14. The summed E-state index contributed by atoms with van der Waals surface area (Å²) in [5.74, 6) is 0.834. The third-order valence-electron chi connectivity index (χ3n) is 3.65. The van der Waals surface area contributed by atoms with Gasteiger partial charge >= 0.3 is 0 Å². The highest BCUT2D eigenvalue weighted by atomic mass is 32.1. The number of methoxy groups -OCH3 is 1. The van der Waals surface area contributed by atoms with E-state index in [1.165, 1.54) is 5.56 Å². The number of hydrogen-bond donors (Lipinski definition) is 2. The lowest BCUT2D eigenvalue weighted by Crippen LogP contribution is -2.31. The molecule has 0 aromatic heterocycles. The molecule has 0 atom stereocenters. The van der Waals surface area contributed by atoms with Crippen LogP contribution in [0.25, 0.3) is 0 Å². The van der Waals surface area contributed by atoms with E-state index >= 15 is 0 Å². The van der Waals surface area contributed by atoms with E-state index < -0.39 is 0 Å². The maximum Gasteiger partial charge on any atom is 0.170 e. The maximum atomic E-state index is 5.31. The van der Waals surface area contributed by atoms with Crippen molar-refractivity contribution in [3.8, 4) is 5.75 Å². The summed E-state index contributed by atoms with van der Waals surface area (Å²) in [5, 5.41) is 7.06. The third kappa shape index (κ3) is 6.56.